The maximum atomic E-state index is 12.1. The zero-order valence-electron chi connectivity index (χ0n) is 9.33. The molecule has 18 heavy (non-hydrogen) atoms. The molecule has 5 nitrogen and oxygen atoms in total. The van der Waals surface area contributed by atoms with Crippen LogP contribution in [0.25, 0.3) is 0 Å². The van der Waals surface area contributed by atoms with Gasteiger partial charge in [-0.25, -0.2) is 0 Å². The van der Waals surface area contributed by atoms with Gasteiger partial charge in [0.15, 0.2) is 11.2 Å². The number of carbonyl (C=O) groups excluding carboxylic acids is 2. The first kappa shape index (κ1) is 11.8. The fourth-order valence-corrected chi connectivity index (χ4v) is 2.22. The van der Waals surface area contributed by atoms with Gasteiger partial charge in [0.05, 0.1) is 24.0 Å². The normalized spacial score (nSPS) is 23.4. The van der Waals surface area contributed by atoms with Crippen molar-refractivity contribution in [2.75, 3.05) is 0 Å². The van der Waals surface area contributed by atoms with Crippen molar-refractivity contribution in [1.82, 2.24) is 0 Å². The summed E-state index contributed by atoms with van der Waals surface area (Å²) in [5.41, 5.74) is 3.91. The summed E-state index contributed by atoms with van der Waals surface area (Å²) in [7, 11) is 0. The van der Waals surface area contributed by atoms with Crippen LogP contribution in [-0.4, -0.2) is 11.7 Å². The number of nitrogens with zero attached hydrogens (tertiary/aromatic N) is 2. The fourth-order valence-electron chi connectivity index (χ4n) is 2.22. The van der Waals surface area contributed by atoms with E-state index in [9.17, 15) is 9.59 Å². The molecule has 1 aromatic rings. The van der Waals surface area contributed by atoms with Crippen molar-refractivity contribution in [3.63, 3.8) is 0 Å². The van der Waals surface area contributed by atoms with Crippen molar-refractivity contribution >= 4 is 11.7 Å². The first-order valence-electron chi connectivity index (χ1n) is 5.29. The summed E-state index contributed by atoms with van der Waals surface area (Å²) in [5, 5.41) is 18.0. The van der Waals surface area contributed by atoms with Crippen LogP contribution >= 0.6 is 0 Å². The van der Waals surface area contributed by atoms with Gasteiger partial charge in [-0.2, -0.15) is 10.5 Å². The van der Waals surface area contributed by atoms with Crippen LogP contribution in [0.3, 0.4) is 0 Å². The number of benzene rings is 1. The standard InChI is InChI=1S/C13H9N3O2/c14-6-13(7-15)9(10(13)12(16)18)11(17)8-4-2-1-3-5-8/h1-5,9-10H,(H2,16,18)/t9-,10+/m1/s1. The molecule has 0 aromatic heterocycles. The Morgan fingerprint density at radius 3 is 2.06 bits per heavy atom. The molecule has 1 aromatic carbocycles. The number of nitriles is 2. The smallest absolute Gasteiger partial charge is 0.224 e. The molecule has 2 rings (SSSR count). The van der Waals surface area contributed by atoms with E-state index < -0.39 is 23.2 Å². The van der Waals surface area contributed by atoms with Crippen LogP contribution in [0.5, 0.6) is 0 Å². The highest BCUT2D eigenvalue weighted by atomic mass is 16.2. The lowest BCUT2D eigenvalue weighted by molar-refractivity contribution is -0.119. The van der Waals surface area contributed by atoms with E-state index in [1.54, 1.807) is 42.5 Å². The van der Waals surface area contributed by atoms with Gasteiger partial charge in [-0.1, -0.05) is 30.3 Å². The molecule has 0 spiro atoms. The Hall–Kier alpha value is -2.66. The molecule has 1 aliphatic carbocycles. The Labute approximate surface area is 103 Å². The molecular weight excluding hydrogens is 230 g/mol. The summed E-state index contributed by atoms with van der Waals surface area (Å²) in [6.07, 6.45) is 0. The molecule has 1 fully saturated rings. The molecule has 1 aliphatic rings. The van der Waals surface area contributed by atoms with Crippen LogP contribution in [0, 0.1) is 39.9 Å². The number of nitrogens with two attached hydrogens (primary N) is 1. The summed E-state index contributed by atoms with van der Waals surface area (Å²) >= 11 is 0. The largest absolute Gasteiger partial charge is 0.369 e. The molecule has 88 valence electrons. The molecule has 0 aliphatic heterocycles. The topological polar surface area (TPSA) is 108 Å². The van der Waals surface area contributed by atoms with E-state index in [1.807, 2.05) is 0 Å². The summed E-state index contributed by atoms with van der Waals surface area (Å²) in [6.45, 7) is 0. The van der Waals surface area contributed by atoms with Crippen molar-refractivity contribution in [3.05, 3.63) is 35.9 Å². The minimum Gasteiger partial charge on any atom is -0.369 e. The zero-order chi connectivity index (χ0) is 13.3. The first-order valence-corrected chi connectivity index (χ1v) is 5.29. The van der Waals surface area contributed by atoms with Crippen LogP contribution in [0.1, 0.15) is 10.4 Å². The Bertz CT molecular complexity index is 581. The van der Waals surface area contributed by atoms with Crippen LogP contribution in [0.15, 0.2) is 30.3 Å². The number of hydrogen-bond acceptors (Lipinski definition) is 4. The maximum absolute atomic E-state index is 12.1. The lowest BCUT2D eigenvalue weighted by Crippen LogP contribution is -2.18. The molecule has 2 N–H and O–H groups in total. The van der Waals surface area contributed by atoms with Gasteiger partial charge in [0, 0.05) is 5.56 Å². The monoisotopic (exact) mass is 239 g/mol. The quantitative estimate of drug-likeness (QED) is 0.780. The lowest BCUT2D eigenvalue weighted by atomic mass is 10.0. The van der Waals surface area contributed by atoms with E-state index in [2.05, 4.69) is 0 Å². The predicted molar refractivity (Wildman–Crippen MR) is 60.6 cm³/mol. The second kappa shape index (κ2) is 3.97. The molecule has 1 amide bonds. The minimum absolute atomic E-state index is 0.376. The van der Waals surface area contributed by atoms with Crippen molar-refractivity contribution in [2.24, 2.45) is 23.0 Å². The van der Waals surface area contributed by atoms with Crippen LogP contribution in [0.2, 0.25) is 0 Å². The summed E-state index contributed by atoms with van der Waals surface area (Å²) in [4.78, 5) is 23.4. The highest BCUT2D eigenvalue weighted by Crippen LogP contribution is 2.59. The second-order valence-corrected chi connectivity index (χ2v) is 4.18. The zero-order valence-corrected chi connectivity index (χ0v) is 9.33. The second-order valence-electron chi connectivity index (χ2n) is 4.18. The van der Waals surface area contributed by atoms with Crippen LogP contribution in [0.4, 0.5) is 0 Å². The number of primary amides is 1. The number of hydrogen-bond donors (Lipinski definition) is 1. The van der Waals surface area contributed by atoms with E-state index >= 15 is 0 Å². The summed E-state index contributed by atoms with van der Waals surface area (Å²) in [6, 6.07) is 11.8. The molecule has 1 saturated carbocycles. The Morgan fingerprint density at radius 1 is 1.11 bits per heavy atom. The third-order valence-electron chi connectivity index (χ3n) is 3.22. The highest BCUT2D eigenvalue weighted by molar-refractivity contribution is 6.06. The average Bonchev–Trinajstić information content (AvgIpc) is 3.08. The molecule has 2 atom stereocenters. The number of rotatable bonds is 3. The Kier molecular flexibility index (Phi) is 2.61. The summed E-state index contributed by atoms with van der Waals surface area (Å²) in [5.74, 6) is -3.14. The van der Waals surface area contributed by atoms with Crippen LogP contribution in [-0.2, 0) is 4.79 Å². The number of ketones is 1. The molecule has 0 bridgehead atoms. The number of Topliss-reactive ketones (excluding diaryl/α,β-unsaturated/α-hetero) is 1. The molecule has 5 heteroatoms. The van der Waals surface area contributed by atoms with E-state index in [-0.39, 0.29) is 5.78 Å². The van der Waals surface area contributed by atoms with Gasteiger partial charge in [0.25, 0.3) is 0 Å². The van der Waals surface area contributed by atoms with Crippen molar-refractivity contribution in [3.8, 4) is 12.1 Å². The average molecular weight is 239 g/mol. The fraction of sp³-hybridized carbons (Fsp3) is 0.231. The van der Waals surface area contributed by atoms with Gasteiger partial charge in [-0.3, -0.25) is 9.59 Å². The first-order chi connectivity index (χ1) is 8.58. The molecule has 0 heterocycles. The van der Waals surface area contributed by atoms with Crippen molar-refractivity contribution in [2.45, 2.75) is 0 Å². The van der Waals surface area contributed by atoms with E-state index in [1.165, 1.54) is 0 Å². The maximum Gasteiger partial charge on any atom is 0.224 e. The van der Waals surface area contributed by atoms with Gasteiger partial charge in [-0.15, -0.1) is 0 Å². The molecular formula is C13H9N3O2. The third-order valence-corrected chi connectivity index (χ3v) is 3.22. The Balaban J connectivity index is 2.37. The third kappa shape index (κ3) is 1.46. The van der Waals surface area contributed by atoms with Gasteiger partial charge in [0.1, 0.15) is 0 Å². The molecule has 0 radical (unpaired) electrons. The van der Waals surface area contributed by atoms with Gasteiger partial charge in [-0.05, 0) is 0 Å². The Morgan fingerprint density at radius 2 is 1.67 bits per heavy atom. The highest BCUT2D eigenvalue weighted by Gasteiger charge is 2.73. The molecule has 0 unspecified atom stereocenters. The SMILES string of the molecule is N#CC1(C#N)[C@H](C(N)=O)[C@@H]1C(=O)c1ccccc1. The van der Waals surface area contributed by atoms with Gasteiger partial charge < -0.3 is 5.73 Å². The van der Waals surface area contributed by atoms with E-state index in [4.69, 9.17) is 16.3 Å². The van der Waals surface area contributed by atoms with Crippen molar-refractivity contribution < 1.29 is 9.59 Å². The summed E-state index contributed by atoms with van der Waals surface area (Å²) < 4.78 is 0. The number of carbonyl (C=O) groups is 2. The van der Waals surface area contributed by atoms with Gasteiger partial charge >= 0.3 is 0 Å². The predicted octanol–water partition coefficient (Wildman–Crippen LogP) is 0.634. The number of amides is 1. The van der Waals surface area contributed by atoms with Gasteiger partial charge in [0.2, 0.25) is 5.91 Å². The van der Waals surface area contributed by atoms with E-state index in [0.29, 0.717) is 5.56 Å². The van der Waals surface area contributed by atoms with E-state index in [0.717, 1.165) is 0 Å². The lowest BCUT2D eigenvalue weighted by Gasteiger charge is -1.98. The minimum atomic E-state index is -1.60. The van der Waals surface area contributed by atoms with Crippen LogP contribution < -0.4 is 5.73 Å². The molecule has 0 saturated heterocycles. The van der Waals surface area contributed by atoms with Crippen molar-refractivity contribution in [1.29, 1.82) is 10.5 Å².